The summed E-state index contributed by atoms with van der Waals surface area (Å²) in [6.07, 6.45) is 6.31. The molecule has 3 nitrogen and oxygen atoms in total. The van der Waals surface area contributed by atoms with E-state index in [2.05, 4.69) is 43.0 Å². The molecule has 3 heteroatoms. The molecule has 23 heavy (non-hydrogen) atoms. The van der Waals surface area contributed by atoms with Gasteiger partial charge in [0.2, 0.25) is 5.91 Å². The second kappa shape index (κ2) is 7.48. The summed E-state index contributed by atoms with van der Waals surface area (Å²) in [5.41, 5.74) is 2.50. The second-order valence-electron chi connectivity index (χ2n) is 7.40. The molecule has 2 aliphatic carbocycles. The predicted octanol–water partition coefficient (Wildman–Crippen LogP) is 3.61. The van der Waals surface area contributed by atoms with Gasteiger partial charge < -0.3 is 4.90 Å². The van der Waals surface area contributed by atoms with Crippen LogP contribution >= 0.6 is 0 Å². The van der Waals surface area contributed by atoms with Crippen LogP contribution in [-0.2, 0) is 11.3 Å². The molecule has 3 rings (SSSR count). The van der Waals surface area contributed by atoms with Crippen LogP contribution in [-0.4, -0.2) is 41.4 Å². The fourth-order valence-electron chi connectivity index (χ4n) is 3.16. The first kappa shape index (κ1) is 16.5. The molecule has 0 unspecified atom stereocenters. The highest BCUT2D eigenvalue weighted by molar-refractivity contribution is 5.78. The Balaban J connectivity index is 1.59. The molecule has 0 aliphatic heterocycles. The lowest BCUT2D eigenvalue weighted by Crippen LogP contribution is -2.42. The number of benzene rings is 1. The van der Waals surface area contributed by atoms with Crippen molar-refractivity contribution in [2.24, 2.45) is 5.92 Å². The van der Waals surface area contributed by atoms with E-state index in [-0.39, 0.29) is 0 Å². The lowest BCUT2D eigenvalue weighted by atomic mass is 10.1. The van der Waals surface area contributed by atoms with Crippen LogP contribution in [0.1, 0.15) is 50.2 Å². The monoisotopic (exact) mass is 314 g/mol. The topological polar surface area (TPSA) is 23.6 Å². The lowest BCUT2D eigenvalue weighted by Gasteiger charge is -2.27. The number of carbonyl (C=O) groups is 1. The lowest BCUT2D eigenvalue weighted by molar-refractivity contribution is -0.133. The average Bonchev–Trinajstić information content (AvgIpc) is 3.41. The van der Waals surface area contributed by atoms with E-state index in [1.807, 2.05) is 4.90 Å². The number of carbonyl (C=O) groups excluding carboxylic acids is 1. The van der Waals surface area contributed by atoms with Crippen molar-refractivity contribution in [3.8, 4) is 0 Å². The molecule has 126 valence electrons. The molecule has 0 aromatic heterocycles. The highest BCUT2D eigenvalue weighted by Crippen LogP contribution is 2.34. The molecular formula is C20H30N2O. The van der Waals surface area contributed by atoms with Crippen LogP contribution in [0.2, 0.25) is 0 Å². The van der Waals surface area contributed by atoms with Gasteiger partial charge in [0.15, 0.2) is 0 Å². The maximum Gasteiger partial charge on any atom is 0.237 e. The maximum absolute atomic E-state index is 12.8. The van der Waals surface area contributed by atoms with Gasteiger partial charge in [-0.2, -0.15) is 0 Å². The van der Waals surface area contributed by atoms with Crippen molar-refractivity contribution in [3.05, 3.63) is 35.4 Å². The zero-order valence-corrected chi connectivity index (χ0v) is 14.6. The van der Waals surface area contributed by atoms with Crippen molar-refractivity contribution in [2.45, 2.75) is 58.5 Å². The van der Waals surface area contributed by atoms with Gasteiger partial charge >= 0.3 is 0 Å². The number of rotatable bonds is 9. The highest BCUT2D eigenvalue weighted by Gasteiger charge is 2.35. The van der Waals surface area contributed by atoms with Crippen molar-refractivity contribution >= 4 is 5.91 Å². The van der Waals surface area contributed by atoms with E-state index in [1.165, 1.54) is 36.8 Å². The van der Waals surface area contributed by atoms with Crippen molar-refractivity contribution in [3.63, 3.8) is 0 Å². The summed E-state index contributed by atoms with van der Waals surface area (Å²) in [6.45, 7) is 7.61. The van der Waals surface area contributed by atoms with Gasteiger partial charge in [-0.1, -0.05) is 36.8 Å². The van der Waals surface area contributed by atoms with E-state index < -0.39 is 0 Å². The zero-order valence-electron chi connectivity index (χ0n) is 14.6. The first-order chi connectivity index (χ1) is 11.2. The van der Waals surface area contributed by atoms with Crippen LogP contribution in [0.25, 0.3) is 0 Å². The third kappa shape index (κ3) is 5.07. The van der Waals surface area contributed by atoms with Gasteiger partial charge in [0.1, 0.15) is 0 Å². The van der Waals surface area contributed by atoms with Gasteiger partial charge in [0.25, 0.3) is 0 Å². The van der Waals surface area contributed by atoms with Gasteiger partial charge in [-0.05, 0) is 50.5 Å². The first-order valence-electron chi connectivity index (χ1n) is 9.23. The van der Waals surface area contributed by atoms with Gasteiger partial charge in [-0.25, -0.2) is 0 Å². The number of hydrogen-bond acceptors (Lipinski definition) is 2. The minimum Gasteiger partial charge on any atom is -0.337 e. The normalized spacial score (nSPS) is 17.5. The van der Waals surface area contributed by atoms with Crippen molar-refractivity contribution in [2.75, 3.05) is 19.6 Å². The molecule has 0 heterocycles. The van der Waals surface area contributed by atoms with Crippen molar-refractivity contribution in [1.82, 2.24) is 9.80 Å². The molecule has 0 atom stereocenters. The van der Waals surface area contributed by atoms with E-state index in [0.717, 1.165) is 32.0 Å². The van der Waals surface area contributed by atoms with Crippen LogP contribution in [0.4, 0.5) is 0 Å². The van der Waals surface area contributed by atoms with Gasteiger partial charge in [-0.3, -0.25) is 9.69 Å². The molecule has 2 fully saturated rings. The predicted molar refractivity (Wildman–Crippen MR) is 94.2 cm³/mol. The van der Waals surface area contributed by atoms with E-state index in [0.29, 0.717) is 18.5 Å². The molecule has 0 saturated heterocycles. The molecule has 1 amide bonds. The van der Waals surface area contributed by atoms with E-state index in [4.69, 9.17) is 0 Å². The molecule has 2 saturated carbocycles. The van der Waals surface area contributed by atoms with Crippen LogP contribution < -0.4 is 0 Å². The van der Waals surface area contributed by atoms with Crippen molar-refractivity contribution < 1.29 is 4.79 Å². The standard InChI is InChI=1S/C20H30N2O/c1-3-12-21(13-17-6-4-16(2)5-7-17)20(23)15-22(19-10-11-19)14-18-8-9-18/h4-7,18-19H,3,8-15H2,1-2H3. The Hall–Kier alpha value is -1.35. The zero-order chi connectivity index (χ0) is 16.2. The number of nitrogens with zero attached hydrogens (tertiary/aromatic N) is 2. The molecule has 1 aromatic rings. The van der Waals surface area contributed by atoms with Crippen LogP contribution in [0.3, 0.4) is 0 Å². The van der Waals surface area contributed by atoms with Crippen LogP contribution in [0, 0.1) is 12.8 Å². The second-order valence-corrected chi connectivity index (χ2v) is 7.40. The minimum atomic E-state index is 0.306. The van der Waals surface area contributed by atoms with E-state index >= 15 is 0 Å². The fourth-order valence-corrected chi connectivity index (χ4v) is 3.16. The average molecular weight is 314 g/mol. The Morgan fingerprint density at radius 3 is 2.39 bits per heavy atom. The molecule has 0 spiro atoms. The van der Waals surface area contributed by atoms with E-state index in [9.17, 15) is 4.79 Å². The first-order valence-corrected chi connectivity index (χ1v) is 9.23. The van der Waals surface area contributed by atoms with Crippen molar-refractivity contribution in [1.29, 1.82) is 0 Å². The third-order valence-corrected chi connectivity index (χ3v) is 4.93. The molecular weight excluding hydrogens is 284 g/mol. The highest BCUT2D eigenvalue weighted by atomic mass is 16.2. The van der Waals surface area contributed by atoms with Gasteiger partial charge in [0.05, 0.1) is 6.54 Å². The summed E-state index contributed by atoms with van der Waals surface area (Å²) in [7, 11) is 0. The summed E-state index contributed by atoms with van der Waals surface area (Å²) in [5, 5.41) is 0. The minimum absolute atomic E-state index is 0.306. The van der Waals surface area contributed by atoms with Crippen LogP contribution in [0.15, 0.2) is 24.3 Å². The summed E-state index contributed by atoms with van der Waals surface area (Å²) in [5.74, 6) is 1.17. The molecule has 2 aliphatic rings. The Morgan fingerprint density at radius 2 is 1.83 bits per heavy atom. The number of amides is 1. The molecule has 1 aromatic carbocycles. The Bertz CT molecular complexity index is 517. The Labute approximate surface area is 140 Å². The van der Waals surface area contributed by atoms with E-state index in [1.54, 1.807) is 0 Å². The quantitative estimate of drug-likeness (QED) is 0.695. The summed E-state index contributed by atoms with van der Waals surface area (Å²) < 4.78 is 0. The molecule has 0 N–H and O–H groups in total. The summed E-state index contributed by atoms with van der Waals surface area (Å²) >= 11 is 0. The molecule has 0 bridgehead atoms. The van der Waals surface area contributed by atoms with Gasteiger partial charge in [0, 0.05) is 25.7 Å². The Morgan fingerprint density at radius 1 is 1.13 bits per heavy atom. The number of hydrogen-bond donors (Lipinski definition) is 0. The smallest absolute Gasteiger partial charge is 0.237 e. The number of aryl methyl sites for hydroxylation is 1. The summed E-state index contributed by atoms with van der Waals surface area (Å²) in [4.78, 5) is 17.3. The third-order valence-electron chi connectivity index (χ3n) is 4.93. The Kier molecular flexibility index (Phi) is 5.37. The maximum atomic E-state index is 12.8. The largest absolute Gasteiger partial charge is 0.337 e. The van der Waals surface area contributed by atoms with Crippen LogP contribution in [0.5, 0.6) is 0 Å². The summed E-state index contributed by atoms with van der Waals surface area (Å²) in [6, 6.07) is 9.24. The molecule has 0 radical (unpaired) electrons. The van der Waals surface area contributed by atoms with Gasteiger partial charge in [-0.15, -0.1) is 0 Å². The fraction of sp³-hybridized carbons (Fsp3) is 0.650. The SMILES string of the molecule is CCCN(Cc1ccc(C)cc1)C(=O)CN(CC1CC1)C1CC1.